The van der Waals surface area contributed by atoms with Gasteiger partial charge in [0.15, 0.2) is 0 Å². The van der Waals surface area contributed by atoms with Gasteiger partial charge >= 0.3 is 0 Å². The number of allylic oxidation sites excluding steroid dienone is 3. The van der Waals surface area contributed by atoms with Crippen LogP contribution in [-0.4, -0.2) is 56.4 Å². The number of hydrogen-bond acceptors (Lipinski definition) is 6. The number of hydrogen-bond donors (Lipinski definition) is 1. The maximum absolute atomic E-state index is 12.9. The summed E-state index contributed by atoms with van der Waals surface area (Å²) in [4.78, 5) is 17.2. The normalized spacial score (nSPS) is 15.2. The highest BCUT2D eigenvalue weighted by molar-refractivity contribution is 7.16. The second-order valence-electron chi connectivity index (χ2n) is 9.73. The molecule has 2 heterocycles. The van der Waals surface area contributed by atoms with E-state index < -0.39 is 5.54 Å². The molecule has 1 saturated heterocycles. The van der Waals surface area contributed by atoms with E-state index in [9.17, 15) is 10.1 Å². The minimum atomic E-state index is -0.478. The van der Waals surface area contributed by atoms with E-state index in [1.807, 2.05) is 46.8 Å². The first kappa shape index (κ1) is 32.0. The summed E-state index contributed by atoms with van der Waals surface area (Å²) in [5.41, 5.74) is 2.55. The molecule has 0 unspecified atom stereocenters. The predicted molar refractivity (Wildman–Crippen MR) is 163 cm³/mol. The number of benzene rings is 1. The topological polar surface area (TPSA) is 74.6 Å². The maximum atomic E-state index is 12.9. The molecule has 0 atom stereocenters. The fourth-order valence-electron chi connectivity index (χ4n) is 4.15. The summed E-state index contributed by atoms with van der Waals surface area (Å²) in [6.07, 6.45) is 4.95. The van der Waals surface area contributed by atoms with Crippen molar-refractivity contribution in [2.24, 2.45) is 0 Å². The van der Waals surface area contributed by atoms with Crippen LogP contribution in [0.2, 0.25) is 0 Å². The van der Waals surface area contributed by atoms with Gasteiger partial charge in [0.1, 0.15) is 11.6 Å². The minimum absolute atomic E-state index is 0.128. The first-order valence-corrected chi connectivity index (χ1v) is 14.3. The van der Waals surface area contributed by atoms with Crippen LogP contribution in [0.25, 0.3) is 28.7 Å². The molecule has 0 aliphatic carbocycles. The summed E-state index contributed by atoms with van der Waals surface area (Å²) in [7, 11) is 1.63. The number of morpholine rings is 1. The predicted octanol–water partition coefficient (Wildman–Crippen LogP) is 5.10. The summed E-state index contributed by atoms with van der Waals surface area (Å²) in [6, 6.07) is 12.4. The molecular weight excluding hydrogens is 506 g/mol. The Hall–Kier alpha value is -3.18. The van der Waals surface area contributed by atoms with Crippen molar-refractivity contribution in [2.45, 2.75) is 53.5 Å². The zero-order valence-corrected chi connectivity index (χ0v) is 25.3. The number of amides is 1. The summed E-state index contributed by atoms with van der Waals surface area (Å²) in [5.74, 6) is -0.365. The molecule has 0 saturated carbocycles. The number of nitriles is 1. The average molecular weight is 550 g/mol. The van der Waals surface area contributed by atoms with Gasteiger partial charge in [0, 0.05) is 47.8 Å². The van der Waals surface area contributed by atoms with Crippen molar-refractivity contribution in [3.63, 3.8) is 0 Å². The third kappa shape index (κ3) is 8.93. The Morgan fingerprint density at radius 1 is 1.26 bits per heavy atom. The van der Waals surface area contributed by atoms with Gasteiger partial charge in [0.25, 0.3) is 5.91 Å². The monoisotopic (exact) mass is 549 g/mol. The van der Waals surface area contributed by atoms with E-state index in [1.165, 1.54) is 5.70 Å². The van der Waals surface area contributed by atoms with Crippen molar-refractivity contribution < 1.29 is 14.3 Å². The zero-order valence-electron chi connectivity index (χ0n) is 24.5. The van der Waals surface area contributed by atoms with E-state index in [-0.39, 0.29) is 11.5 Å². The number of rotatable bonds is 9. The third-order valence-corrected chi connectivity index (χ3v) is 7.73. The average Bonchev–Trinajstić information content (AvgIpc) is 3.43. The molecule has 2 aromatic rings. The Labute approximate surface area is 237 Å². The van der Waals surface area contributed by atoms with Crippen LogP contribution in [0.15, 0.2) is 47.7 Å². The van der Waals surface area contributed by atoms with E-state index in [1.54, 1.807) is 18.4 Å². The van der Waals surface area contributed by atoms with Gasteiger partial charge in [-0.25, -0.2) is 0 Å². The molecule has 1 fully saturated rings. The van der Waals surface area contributed by atoms with Crippen LogP contribution in [0.1, 0.15) is 52.8 Å². The summed E-state index contributed by atoms with van der Waals surface area (Å²) >= 11 is 1.56. The summed E-state index contributed by atoms with van der Waals surface area (Å²) < 4.78 is 10.6. The van der Waals surface area contributed by atoms with E-state index in [4.69, 9.17) is 9.47 Å². The largest absolute Gasteiger partial charge is 0.385 e. The third-order valence-electron chi connectivity index (χ3n) is 6.48. The molecule has 1 aromatic heterocycles. The molecule has 1 amide bonds. The molecule has 1 aromatic carbocycles. The van der Waals surface area contributed by atoms with E-state index >= 15 is 0 Å². The Morgan fingerprint density at radius 2 is 1.95 bits per heavy atom. The van der Waals surface area contributed by atoms with E-state index in [0.717, 1.165) is 52.1 Å². The number of methoxy groups -OCH3 is 1. The fourth-order valence-corrected chi connectivity index (χ4v) is 5.16. The van der Waals surface area contributed by atoms with E-state index in [0.29, 0.717) is 18.6 Å². The Kier molecular flexibility index (Phi) is 12.7. The van der Waals surface area contributed by atoms with Crippen LogP contribution < -0.4 is 15.8 Å². The van der Waals surface area contributed by atoms with Gasteiger partial charge in [-0.3, -0.25) is 4.79 Å². The Morgan fingerprint density at radius 3 is 2.54 bits per heavy atom. The molecule has 39 heavy (non-hydrogen) atoms. The molecule has 0 radical (unpaired) electrons. The van der Waals surface area contributed by atoms with Crippen LogP contribution in [0.5, 0.6) is 0 Å². The van der Waals surface area contributed by atoms with Crippen LogP contribution in [0, 0.1) is 11.3 Å². The van der Waals surface area contributed by atoms with Crippen LogP contribution in [0.3, 0.4) is 0 Å². The molecule has 1 aliphatic heterocycles. The molecule has 0 bridgehead atoms. The highest BCUT2D eigenvalue weighted by atomic mass is 32.1. The lowest BCUT2D eigenvalue weighted by Crippen LogP contribution is -2.44. The SMILES string of the molecule is C=c1cc(-c2ccc(/C(C)=C(\C#N)C(=O)NC(C)(C)CCOC)s2)cc/c1=C/C(=C\C)N1CCOCC1.CC. The lowest BCUT2D eigenvalue weighted by molar-refractivity contribution is -0.118. The number of nitrogens with one attached hydrogen (secondary N) is 1. The number of thiophene rings is 1. The number of carbonyl (C=O) groups excluding carboxylic acids is 1. The first-order valence-electron chi connectivity index (χ1n) is 13.5. The molecular formula is C32H43N3O3S. The quantitative estimate of drug-likeness (QED) is 0.348. The van der Waals surface area contributed by atoms with Crippen molar-refractivity contribution in [2.75, 3.05) is 40.0 Å². The molecule has 0 spiro atoms. The Bertz CT molecular complexity index is 1330. The second-order valence-corrected chi connectivity index (χ2v) is 10.8. The number of carbonyl (C=O) groups is 1. The highest BCUT2D eigenvalue weighted by Crippen LogP contribution is 2.32. The van der Waals surface area contributed by atoms with Crippen molar-refractivity contribution in [1.29, 1.82) is 5.26 Å². The molecule has 1 aliphatic rings. The van der Waals surface area contributed by atoms with Gasteiger partial charge in [-0.2, -0.15) is 5.26 Å². The minimum Gasteiger partial charge on any atom is -0.385 e. The molecule has 6 nitrogen and oxygen atoms in total. The van der Waals surface area contributed by atoms with Crippen LogP contribution in [-0.2, 0) is 14.3 Å². The van der Waals surface area contributed by atoms with Gasteiger partial charge in [0.2, 0.25) is 0 Å². The van der Waals surface area contributed by atoms with Crippen molar-refractivity contribution in [1.82, 2.24) is 10.2 Å². The van der Waals surface area contributed by atoms with Crippen LogP contribution in [0.4, 0.5) is 0 Å². The van der Waals surface area contributed by atoms with Crippen molar-refractivity contribution in [3.05, 3.63) is 63.0 Å². The molecule has 7 heteroatoms. The van der Waals surface area contributed by atoms with Gasteiger partial charge in [-0.05, 0) is 80.0 Å². The zero-order chi connectivity index (χ0) is 29.0. The lowest BCUT2D eigenvalue weighted by atomic mass is 9.99. The van der Waals surface area contributed by atoms with Gasteiger partial charge < -0.3 is 19.7 Å². The molecule has 1 N–H and O–H groups in total. The van der Waals surface area contributed by atoms with Crippen molar-refractivity contribution >= 4 is 35.5 Å². The first-order chi connectivity index (χ1) is 18.7. The fraction of sp³-hybridized carbons (Fsp3) is 0.438. The molecule has 210 valence electrons. The van der Waals surface area contributed by atoms with Crippen molar-refractivity contribution in [3.8, 4) is 16.5 Å². The second kappa shape index (κ2) is 15.4. The van der Waals surface area contributed by atoms with Gasteiger partial charge in [0.05, 0.1) is 13.2 Å². The van der Waals surface area contributed by atoms with Gasteiger partial charge in [-0.1, -0.05) is 38.6 Å². The standard InChI is InChI=1S/C30H37N3O3S.C2H6/c1-7-25(33-13-16-36-17-14-33)19-23-8-9-24(18-21(23)2)28-11-10-27(37-28)22(3)26(20-31)29(34)32-30(4,5)12-15-35-6;1-2/h7-11,18-19H,2,12-17H2,1,3-6H3,(H,32,34);1-2H3/b23-19-,25-7+,26-22+;. The summed E-state index contributed by atoms with van der Waals surface area (Å²) in [6.45, 7) is 19.8. The van der Waals surface area contributed by atoms with E-state index in [2.05, 4.69) is 60.1 Å². The van der Waals surface area contributed by atoms with Gasteiger partial charge in [-0.15, -0.1) is 11.3 Å². The number of ether oxygens (including phenoxy) is 2. The smallest absolute Gasteiger partial charge is 0.262 e. The summed E-state index contributed by atoms with van der Waals surface area (Å²) in [5, 5.41) is 14.8. The Balaban J connectivity index is 0.00000260. The maximum Gasteiger partial charge on any atom is 0.262 e. The van der Waals surface area contributed by atoms with Crippen LogP contribution >= 0.6 is 11.3 Å². The molecule has 3 rings (SSSR count). The lowest BCUT2D eigenvalue weighted by Gasteiger charge is -2.29. The highest BCUT2D eigenvalue weighted by Gasteiger charge is 2.24. The number of nitrogens with zero attached hydrogens (tertiary/aromatic N) is 2.